The molecule has 6 heteroatoms. The Morgan fingerprint density at radius 2 is 1.85 bits per heavy atom. The van der Waals surface area contributed by atoms with Gasteiger partial charge in [-0.25, -0.2) is 4.98 Å². The van der Waals surface area contributed by atoms with Gasteiger partial charge < -0.3 is 0 Å². The van der Waals surface area contributed by atoms with Crippen molar-refractivity contribution in [3.63, 3.8) is 0 Å². The van der Waals surface area contributed by atoms with Gasteiger partial charge in [-0.3, -0.25) is 9.69 Å². The van der Waals surface area contributed by atoms with Crippen LogP contribution >= 0.6 is 38.6 Å². The molecule has 0 aliphatic carbocycles. The van der Waals surface area contributed by atoms with E-state index in [-0.39, 0.29) is 5.91 Å². The topological polar surface area (TPSA) is 33.2 Å². The van der Waals surface area contributed by atoms with Gasteiger partial charge in [0.25, 0.3) is 5.91 Å². The van der Waals surface area contributed by atoms with Gasteiger partial charge in [0.1, 0.15) is 0 Å². The lowest BCUT2D eigenvalue weighted by molar-refractivity contribution is 0.0989. The van der Waals surface area contributed by atoms with Crippen LogP contribution in [0.2, 0.25) is 0 Å². The van der Waals surface area contributed by atoms with Crippen molar-refractivity contribution in [1.29, 1.82) is 0 Å². The Balaban J connectivity index is 1.79. The van der Waals surface area contributed by atoms with E-state index in [0.29, 0.717) is 11.4 Å². The zero-order valence-electron chi connectivity index (χ0n) is 14.9. The predicted octanol–water partition coefficient (Wildman–Crippen LogP) is 6.58. The van der Waals surface area contributed by atoms with Crippen LogP contribution in [0.4, 0.5) is 5.13 Å². The molecule has 0 bridgehead atoms. The lowest BCUT2D eigenvalue weighted by Gasteiger charge is -2.19. The molecular weight excluding hydrogens is 440 g/mol. The normalized spacial score (nSPS) is 11.1. The standard InChI is InChI=1S/C21H17BrN2OS2/c1-13-10-14(2)19-17(11-13)27-21(23-19)24(12-15-6-4-3-5-7-15)20(25)16-8-9-18(22)26-16/h3-11H,12H2,1-2H3. The molecule has 27 heavy (non-hydrogen) atoms. The van der Waals surface area contributed by atoms with E-state index in [1.165, 1.54) is 16.9 Å². The van der Waals surface area contributed by atoms with Crippen LogP contribution in [0.25, 0.3) is 10.2 Å². The number of aryl methyl sites for hydroxylation is 2. The summed E-state index contributed by atoms with van der Waals surface area (Å²) >= 11 is 6.47. The van der Waals surface area contributed by atoms with Crippen molar-refractivity contribution >= 4 is 59.9 Å². The third-order valence-electron chi connectivity index (χ3n) is 4.26. The zero-order valence-corrected chi connectivity index (χ0v) is 18.1. The van der Waals surface area contributed by atoms with Gasteiger partial charge >= 0.3 is 0 Å². The average Bonchev–Trinajstić information content (AvgIpc) is 3.26. The van der Waals surface area contributed by atoms with E-state index >= 15 is 0 Å². The molecule has 0 unspecified atom stereocenters. The van der Waals surface area contributed by atoms with Crippen molar-refractivity contribution in [1.82, 2.24) is 4.98 Å². The molecule has 4 rings (SSSR count). The van der Waals surface area contributed by atoms with Crippen molar-refractivity contribution in [3.8, 4) is 0 Å². The number of halogens is 1. The van der Waals surface area contributed by atoms with Crippen LogP contribution in [0.3, 0.4) is 0 Å². The van der Waals surface area contributed by atoms with Crippen LogP contribution in [-0.2, 0) is 6.54 Å². The Labute approximate surface area is 174 Å². The van der Waals surface area contributed by atoms with E-state index in [2.05, 4.69) is 41.9 Å². The first-order chi connectivity index (χ1) is 13.0. The average molecular weight is 457 g/mol. The number of benzene rings is 2. The van der Waals surface area contributed by atoms with Crippen LogP contribution < -0.4 is 4.90 Å². The number of aromatic nitrogens is 1. The van der Waals surface area contributed by atoms with Crippen LogP contribution in [0.5, 0.6) is 0 Å². The maximum absolute atomic E-state index is 13.3. The van der Waals surface area contributed by atoms with Gasteiger partial charge in [-0.1, -0.05) is 47.7 Å². The summed E-state index contributed by atoms with van der Waals surface area (Å²) in [4.78, 5) is 20.6. The van der Waals surface area contributed by atoms with Crippen molar-refractivity contribution < 1.29 is 4.79 Å². The van der Waals surface area contributed by atoms with Crippen LogP contribution in [0.15, 0.2) is 58.4 Å². The van der Waals surface area contributed by atoms with Gasteiger partial charge in [-0.05, 0) is 64.7 Å². The number of thiophene rings is 1. The summed E-state index contributed by atoms with van der Waals surface area (Å²) in [6.45, 7) is 4.65. The largest absolute Gasteiger partial charge is 0.279 e. The summed E-state index contributed by atoms with van der Waals surface area (Å²) in [6, 6.07) is 18.1. The molecule has 4 aromatic rings. The molecule has 0 spiro atoms. The molecule has 0 aliphatic rings. The fourth-order valence-electron chi connectivity index (χ4n) is 3.03. The molecule has 3 nitrogen and oxygen atoms in total. The highest BCUT2D eigenvalue weighted by molar-refractivity contribution is 9.11. The summed E-state index contributed by atoms with van der Waals surface area (Å²) in [7, 11) is 0. The highest BCUT2D eigenvalue weighted by atomic mass is 79.9. The minimum absolute atomic E-state index is 0.0250. The molecule has 2 heterocycles. The minimum Gasteiger partial charge on any atom is -0.279 e. The fourth-order valence-corrected chi connectivity index (χ4v) is 5.50. The maximum atomic E-state index is 13.3. The Morgan fingerprint density at radius 3 is 2.56 bits per heavy atom. The van der Waals surface area contributed by atoms with Crippen molar-refractivity contribution in [3.05, 3.63) is 80.0 Å². The van der Waals surface area contributed by atoms with Crippen LogP contribution in [0, 0.1) is 13.8 Å². The third-order valence-corrected chi connectivity index (χ3v) is 6.90. The Kier molecular flexibility index (Phi) is 5.12. The van der Waals surface area contributed by atoms with E-state index in [4.69, 9.17) is 4.98 Å². The summed E-state index contributed by atoms with van der Waals surface area (Å²) < 4.78 is 2.06. The highest BCUT2D eigenvalue weighted by Crippen LogP contribution is 2.34. The number of hydrogen-bond acceptors (Lipinski definition) is 4. The number of amides is 1. The minimum atomic E-state index is -0.0250. The molecule has 0 N–H and O–H groups in total. The third kappa shape index (κ3) is 3.83. The molecule has 2 aromatic heterocycles. The van der Waals surface area contributed by atoms with E-state index in [1.54, 1.807) is 16.2 Å². The van der Waals surface area contributed by atoms with Crippen molar-refractivity contribution in [2.24, 2.45) is 0 Å². The molecule has 0 aliphatic heterocycles. The summed E-state index contributed by atoms with van der Waals surface area (Å²) in [5, 5.41) is 0.733. The first kappa shape index (κ1) is 18.3. The Hall–Kier alpha value is -2.02. The molecule has 0 saturated carbocycles. The highest BCUT2D eigenvalue weighted by Gasteiger charge is 2.23. The molecule has 136 valence electrons. The van der Waals surface area contributed by atoms with Crippen LogP contribution in [-0.4, -0.2) is 10.9 Å². The second kappa shape index (κ2) is 7.54. The van der Waals surface area contributed by atoms with Gasteiger partial charge in [0, 0.05) is 0 Å². The van der Waals surface area contributed by atoms with Crippen molar-refractivity contribution in [2.75, 3.05) is 4.90 Å². The summed E-state index contributed by atoms with van der Waals surface area (Å²) in [5.74, 6) is -0.0250. The second-order valence-corrected chi connectivity index (χ2v) is 9.88. The fraction of sp³-hybridized carbons (Fsp3) is 0.143. The Bertz CT molecular complexity index is 1120. The van der Waals surface area contributed by atoms with Gasteiger partial charge in [0.2, 0.25) is 0 Å². The molecule has 0 atom stereocenters. The predicted molar refractivity (Wildman–Crippen MR) is 118 cm³/mol. The maximum Gasteiger partial charge on any atom is 0.270 e. The smallest absolute Gasteiger partial charge is 0.270 e. The summed E-state index contributed by atoms with van der Waals surface area (Å²) in [5.41, 5.74) is 4.39. The van der Waals surface area contributed by atoms with Gasteiger partial charge in [-0.2, -0.15) is 0 Å². The lowest BCUT2D eigenvalue weighted by atomic mass is 10.1. The Morgan fingerprint density at radius 1 is 1.07 bits per heavy atom. The SMILES string of the molecule is Cc1cc(C)c2nc(N(Cc3ccccc3)C(=O)c3ccc(Br)s3)sc2c1. The first-order valence-corrected chi connectivity index (χ1v) is 10.9. The lowest BCUT2D eigenvalue weighted by Crippen LogP contribution is -2.29. The molecule has 1 amide bonds. The number of rotatable bonds is 4. The number of nitrogens with zero attached hydrogens (tertiary/aromatic N) is 2. The number of carbonyl (C=O) groups excluding carboxylic acids is 1. The van der Waals surface area contributed by atoms with Gasteiger partial charge in [-0.15, -0.1) is 11.3 Å². The number of carbonyl (C=O) groups is 1. The number of anilines is 1. The van der Waals surface area contributed by atoms with Crippen LogP contribution in [0.1, 0.15) is 26.4 Å². The van der Waals surface area contributed by atoms with E-state index in [9.17, 15) is 4.79 Å². The first-order valence-electron chi connectivity index (χ1n) is 8.50. The van der Waals surface area contributed by atoms with Crippen molar-refractivity contribution in [2.45, 2.75) is 20.4 Å². The second-order valence-electron chi connectivity index (χ2n) is 6.41. The molecule has 2 aromatic carbocycles. The monoisotopic (exact) mass is 456 g/mol. The van der Waals surface area contributed by atoms with E-state index in [1.807, 2.05) is 42.5 Å². The molecule has 0 saturated heterocycles. The zero-order chi connectivity index (χ0) is 19.0. The van der Waals surface area contributed by atoms with E-state index < -0.39 is 0 Å². The quantitative estimate of drug-likeness (QED) is 0.347. The number of fused-ring (bicyclic) bond motifs is 1. The molecule has 0 fully saturated rings. The van der Waals surface area contributed by atoms with E-state index in [0.717, 1.165) is 30.3 Å². The van der Waals surface area contributed by atoms with Gasteiger partial charge in [0.05, 0.1) is 25.4 Å². The summed E-state index contributed by atoms with van der Waals surface area (Å²) in [6.07, 6.45) is 0. The number of hydrogen-bond donors (Lipinski definition) is 0. The number of thiazole rings is 1. The van der Waals surface area contributed by atoms with Gasteiger partial charge in [0.15, 0.2) is 5.13 Å². The molecular formula is C21H17BrN2OS2. The molecule has 0 radical (unpaired) electrons.